The normalized spacial score (nSPS) is 14.5. The average Bonchev–Trinajstić information content (AvgIpc) is 3.45. The molecule has 0 saturated heterocycles. The number of anilines is 1. The topological polar surface area (TPSA) is 47.4 Å². The Hall–Kier alpha value is -2.79. The van der Waals surface area contributed by atoms with Crippen LogP contribution in [0.3, 0.4) is 0 Å². The quantitative estimate of drug-likeness (QED) is 0.591. The summed E-state index contributed by atoms with van der Waals surface area (Å²) in [5.41, 5.74) is 2.07. The Labute approximate surface area is 169 Å². The average molecular weight is 396 g/mol. The minimum Gasteiger partial charge on any atom is -0.497 e. The maximum atomic E-state index is 13.4. The van der Waals surface area contributed by atoms with Gasteiger partial charge in [-0.15, -0.1) is 0 Å². The van der Waals surface area contributed by atoms with E-state index in [0.29, 0.717) is 16.6 Å². The summed E-state index contributed by atoms with van der Waals surface area (Å²) < 4.78 is 6.92. The largest absolute Gasteiger partial charge is 0.497 e. The number of hydrogen-bond acceptors (Lipinski definition) is 3. The molecule has 1 atom stereocenters. The second-order valence-electron chi connectivity index (χ2n) is 7.08. The van der Waals surface area contributed by atoms with E-state index in [1.807, 2.05) is 53.4 Å². The minimum absolute atomic E-state index is 0.106. The molecule has 28 heavy (non-hydrogen) atoms. The van der Waals surface area contributed by atoms with E-state index in [1.54, 1.807) is 24.1 Å². The number of rotatable bonds is 6. The van der Waals surface area contributed by atoms with Crippen LogP contribution in [0.25, 0.3) is 5.69 Å². The zero-order valence-electron chi connectivity index (χ0n) is 15.9. The molecule has 1 aliphatic carbocycles. The summed E-state index contributed by atoms with van der Waals surface area (Å²) >= 11 is 6.08. The summed E-state index contributed by atoms with van der Waals surface area (Å²) in [6.45, 7) is 2.10. The molecule has 4 rings (SSSR count). The lowest BCUT2D eigenvalue weighted by atomic mass is 10.1. The van der Waals surface area contributed by atoms with Crippen molar-refractivity contribution < 1.29 is 9.53 Å². The molecule has 0 N–H and O–H groups in total. The zero-order chi connectivity index (χ0) is 19.7. The van der Waals surface area contributed by atoms with Gasteiger partial charge in [0.15, 0.2) is 5.69 Å². The monoisotopic (exact) mass is 395 g/mol. The lowest BCUT2D eigenvalue weighted by molar-refractivity contribution is 0.0970. The maximum absolute atomic E-state index is 13.4. The first-order valence-electron chi connectivity index (χ1n) is 9.36. The number of carbonyl (C=O) groups is 1. The summed E-state index contributed by atoms with van der Waals surface area (Å²) in [4.78, 5) is 15.2. The maximum Gasteiger partial charge on any atom is 0.279 e. The van der Waals surface area contributed by atoms with Gasteiger partial charge in [-0.3, -0.25) is 4.79 Å². The predicted octanol–water partition coefficient (Wildman–Crippen LogP) is 4.98. The van der Waals surface area contributed by atoms with Gasteiger partial charge in [0.1, 0.15) is 5.75 Å². The van der Waals surface area contributed by atoms with Crippen molar-refractivity contribution in [2.24, 2.45) is 5.92 Å². The van der Waals surface area contributed by atoms with Crippen molar-refractivity contribution in [2.45, 2.75) is 25.8 Å². The van der Waals surface area contributed by atoms with Crippen LogP contribution in [0.5, 0.6) is 5.75 Å². The van der Waals surface area contributed by atoms with Crippen LogP contribution in [0.4, 0.5) is 5.69 Å². The number of hydrogen-bond donors (Lipinski definition) is 0. The van der Waals surface area contributed by atoms with Crippen molar-refractivity contribution in [1.82, 2.24) is 9.78 Å². The number of carbonyl (C=O) groups excluding carboxylic acids is 1. The van der Waals surface area contributed by atoms with Gasteiger partial charge in [0, 0.05) is 22.9 Å². The molecular weight excluding hydrogens is 374 g/mol. The molecule has 5 nitrogen and oxygen atoms in total. The van der Waals surface area contributed by atoms with E-state index >= 15 is 0 Å². The van der Waals surface area contributed by atoms with Gasteiger partial charge >= 0.3 is 0 Å². The lowest BCUT2D eigenvalue weighted by Crippen LogP contribution is -2.40. The lowest BCUT2D eigenvalue weighted by Gasteiger charge is -2.29. The first-order chi connectivity index (χ1) is 13.6. The Kier molecular flexibility index (Phi) is 5.09. The Balaban J connectivity index is 1.65. The third kappa shape index (κ3) is 3.76. The van der Waals surface area contributed by atoms with Crippen LogP contribution in [0, 0.1) is 5.92 Å². The first-order valence-corrected chi connectivity index (χ1v) is 9.74. The molecule has 1 unspecified atom stereocenters. The van der Waals surface area contributed by atoms with E-state index in [-0.39, 0.29) is 11.9 Å². The molecule has 3 aromatic rings. The number of benzene rings is 2. The van der Waals surface area contributed by atoms with Gasteiger partial charge in [-0.05, 0) is 74.2 Å². The number of ether oxygens (including phenoxy) is 1. The number of aromatic nitrogens is 2. The third-order valence-corrected chi connectivity index (χ3v) is 5.40. The number of halogens is 1. The summed E-state index contributed by atoms with van der Waals surface area (Å²) in [7, 11) is 1.63. The van der Waals surface area contributed by atoms with Crippen molar-refractivity contribution >= 4 is 23.2 Å². The van der Waals surface area contributed by atoms with Crippen LogP contribution in [-0.4, -0.2) is 28.8 Å². The van der Waals surface area contributed by atoms with Crippen molar-refractivity contribution in [1.29, 1.82) is 0 Å². The SMILES string of the molecule is COc1ccc(N(C(=O)c2ccn(-c3cccc(Cl)c3)n2)C(C)C2CC2)cc1. The van der Waals surface area contributed by atoms with E-state index in [0.717, 1.165) is 30.0 Å². The standard InChI is InChI=1S/C22H22ClN3O2/c1-15(16-6-7-16)26(18-8-10-20(28-2)11-9-18)22(27)21-12-13-25(24-21)19-5-3-4-17(23)14-19/h3-5,8-16H,6-7H2,1-2H3. The summed E-state index contributed by atoms with van der Waals surface area (Å²) in [6, 6.07) is 16.8. The van der Waals surface area contributed by atoms with Crippen LogP contribution in [0.1, 0.15) is 30.3 Å². The Bertz CT molecular complexity index is 979. The minimum atomic E-state index is -0.106. The van der Waals surface area contributed by atoms with Gasteiger partial charge in [-0.2, -0.15) is 5.10 Å². The van der Waals surface area contributed by atoms with Crippen LogP contribution in [0.2, 0.25) is 5.02 Å². The molecule has 1 aliphatic rings. The Morgan fingerprint density at radius 3 is 2.61 bits per heavy atom. The first kappa shape index (κ1) is 18.6. The molecule has 6 heteroatoms. The molecule has 0 radical (unpaired) electrons. The van der Waals surface area contributed by atoms with Crippen molar-refractivity contribution in [3.8, 4) is 11.4 Å². The van der Waals surface area contributed by atoms with Crippen LogP contribution >= 0.6 is 11.6 Å². The summed E-state index contributed by atoms with van der Waals surface area (Å²) in [5.74, 6) is 1.19. The second-order valence-corrected chi connectivity index (χ2v) is 7.51. The second kappa shape index (κ2) is 7.68. The molecule has 0 bridgehead atoms. The highest BCUT2D eigenvalue weighted by atomic mass is 35.5. The molecule has 0 aliphatic heterocycles. The number of nitrogens with zero attached hydrogens (tertiary/aromatic N) is 3. The molecule has 0 spiro atoms. The van der Waals surface area contributed by atoms with Crippen LogP contribution in [0.15, 0.2) is 60.8 Å². The fourth-order valence-corrected chi connectivity index (χ4v) is 3.58. The molecule has 1 aromatic heterocycles. The molecule has 1 saturated carbocycles. The van der Waals surface area contributed by atoms with Crippen molar-refractivity contribution in [3.63, 3.8) is 0 Å². The number of methoxy groups -OCH3 is 1. The molecular formula is C22H22ClN3O2. The molecule has 2 aromatic carbocycles. The van der Waals surface area contributed by atoms with Crippen LogP contribution in [-0.2, 0) is 0 Å². The molecule has 144 valence electrons. The van der Waals surface area contributed by atoms with Gasteiger partial charge in [-0.1, -0.05) is 17.7 Å². The van der Waals surface area contributed by atoms with E-state index in [4.69, 9.17) is 16.3 Å². The molecule has 1 fully saturated rings. The Morgan fingerprint density at radius 2 is 1.96 bits per heavy atom. The van der Waals surface area contributed by atoms with E-state index < -0.39 is 0 Å². The van der Waals surface area contributed by atoms with Gasteiger partial charge in [-0.25, -0.2) is 4.68 Å². The van der Waals surface area contributed by atoms with Crippen molar-refractivity contribution in [3.05, 3.63) is 71.5 Å². The third-order valence-electron chi connectivity index (χ3n) is 5.16. The van der Waals surface area contributed by atoms with Gasteiger partial charge < -0.3 is 9.64 Å². The highest BCUT2D eigenvalue weighted by Crippen LogP contribution is 2.37. The van der Waals surface area contributed by atoms with Crippen LogP contribution < -0.4 is 9.64 Å². The Morgan fingerprint density at radius 1 is 1.21 bits per heavy atom. The number of amides is 1. The van der Waals surface area contributed by atoms with E-state index in [1.165, 1.54) is 0 Å². The highest BCUT2D eigenvalue weighted by molar-refractivity contribution is 6.30. The van der Waals surface area contributed by atoms with Gasteiger partial charge in [0.05, 0.1) is 12.8 Å². The smallest absolute Gasteiger partial charge is 0.279 e. The van der Waals surface area contributed by atoms with E-state index in [9.17, 15) is 4.79 Å². The highest BCUT2D eigenvalue weighted by Gasteiger charge is 2.36. The fraction of sp³-hybridized carbons (Fsp3) is 0.273. The summed E-state index contributed by atoms with van der Waals surface area (Å²) in [5, 5.41) is 5.13. The van der Waals surface area contributed by atoms with Crippen molar-refractivity contribution in [2.75, 3.05) is 12.0 Å². The van der Waals surface area contributed by atoms with Gasteiger partial charge in [0.25, 0.3) is 5.91 Å². The van der Waals surface area contributed by atoms with Gasteiger partial charge in [0.2, 0.25) is 0 Å². The molecule has 1 heterocycles. The zero-order valence-corrected chi connectivity index (χ0v) is 16.6. The molecule has 1 amide bonds. The summed E-state index contributed by atoms with van der Waals surface area (Å²) in [6.07, 6.45) is 4.09. The predicted molar refractivity (Wildman–Crippen MR) is 111 cm³/mol. The fourth-order valence-electron chi connectivity index (χ4n) is 3.39. The van der Waals surface area contributed by atoms with E-state index in [2.05, 4.69) is 12.0 Å².